The van der Waals surface area contributed by atoms with E-state index in [4.69, 9.17) is 4.74 Å². The first-order chi connectivity index (χ1) is 19.2. The third-order valence-corrected chi connectivity index (χ3v) is 8.62. The maximum absolute atomic E-state index is 14.2. The minimum absolute atomic E-state index is 0.0708. The fourth-order valence-electron chi connectivity index (χ4n) is 6.41. The average Bonchev–Trinajstić information content (AvgIpc) is 3.23. The third-order valence-electron chi connectivity index (χ3n) is 8.62. The Bertz CT molecular complexity index is 1090. The Morgan fingerprint density at radius 2 is 1.85 bits per heavy atom. The number of carbonyl (C=O) groups is 5. The molecule has 1 saturated carbocycles. The number of rotatable bonds is 13. The van der Waals surface area contributed by atoms with Gasteiger partial charge in [-0.05, 0) is 76.0 Å². The first kappa shape index (κ1) is 32.3. The number of hydrogen-bond acceptors (Lipinski definition) is 6. The summed E-state index contributed by atoms with van der Waals surface area (Å²) >= 11 is 0. The van der Waals surface area contributed by atoms with E-state index in [0.29, 0.717) is 13.0 Å². The van der Waals surface area contributed by atoms with Crippen molar-refractivity contribution in [3.05, 3.63) is 37.5 Å². The van der Waals surface area contributed by atoms with Gasteiger partial charge in [0.1, 0.15) is 11.6 Å². The monoisotopic (exact) mass is 569 g/mol. The van der Waals surface area contributed by atoms with Gasteiger partial charge in [0, 0.05) is 13.1 Å². The second-order valence-electron chi connectivity index (χ2n) is 13.1. The lowest BCUT2D eigenvalue weighted by molar-refractivity contribution is -0.160. The molecule has 3 aliphatic rings. The molecule has 2 aliphatic carbocycles. The van der Waals surface area contributed by atoms with Crippen LogP contribution in [0.25, 0.3) is 0 Å². The minimum atomic E-state index is -1.05. The van der Waals surface area contributed by atoms with Gasteiger partial charge in [-0.15, -0.1) is 13.2 Å². The Hall–Kier alpha value is -3.23. The number of hydrogen-bond donors (Lipinski definition) is 2. The van der Waals surface area contributed by atoms with Crippen LogP contribution in [0, 0.1) is 29.1 Å². The molecule has 0 aromatic rings. The van der Waals surface area contributed by atoms with Crippen LogP contribution in [0.2, 0.25) is 0 Å². The molecule has 0 spiro atoms. The molecule has 2 N–H and O–H groups in total. The molecule has 2 fully saturated rings. The van der Waals surface area contributed by atoms with Crippen LogP contribution >= 0.6 is 0 Å². The van der Waals surface area contributed by atoms with Crippen molar-refractivity contribution in [2.75, 3.05) is 13.1 Å². The molecule has 0 bridgehead atoms. The number of amides is 3. The van der Waals surface area contributed by atoms with E-state index in [1.165, 1.54) is 6.08 Å². The number of fused-ring (bicyclic) bond motifs is 1. The summed E-state index contributed by atoms with van der Waals surface area (Å²) in [4.78, 5) is 68.0. The lowest BCUT2D eigenvalue weighted by Gasteiger charge is -2.36. The van der Waals surface area contributed by atoms with E-state index < -0.39 is 47.2 Å². The van der Waals surface area contributed by atoms with E-state index in [0.717, 1.165) is 19.3 Å². The van der Waals surface area contributed by atoms with Gasteiger partial charge in [0.05, 0.1) is 18.4 Å². The Balaban J connectivity index is 1.86. The molecule has 1 heterocycles. The van der Waals surface area contributed by atoms with Gasteiger partial charge in [0.2, 0.25) is 17.6 Å². The standard InChI is InChI=1S/C32H47N3O6/c1-8-10-16-23(27(37)29(39)33-17-9-2)34-28(38)26-25-22(32(25,6)7)19-35(26)30(40)21(20-14-12-11-13-15-20)18-24(36)41-31(3,4)5/h8-9,12,14,20-23,25-26H,1-2,10-11,13,15-19H2,3-7H3,(H,33,39)(H,34,38). The fraction of sp³-hybridized carbons (Fsp3) is 0.656. The third kappa shape index (κ3) is 7.74. The molecular weight excluding hydrogens is 522 g/mol. The highest BCUT2D eigenvalue weighted by Gasteiger charge is 2.69. The molecule has 1 saturated heterocycles. The summed E-state index contributed by atoms with van der Waals surface area (Å²) in [7, 11) is 0. The normalized spacial score (nSPS) is 25.7. The molecule has 6 unspecified atom stereocenters. The van der Waals surface area contributed by atoms with Crippen molar-refractivity contribution >= 4 is 29.5 Å². The Morgan fingerprint density at radius 1 is 1.15 bits per heavy atom. The molecule has 0 aromatic heterocycles. The minimum Gasteiger partial charge on any atom is -0.460 e. The number of Topliss-reactive ketones (excluding diaryl/α,β-unsaturated/α-hetero) is 1. The molecule has 6 atom stereocenters. The molecule has 3 rings (SSSR count). The highest BCUT2D eigenvalue weighted by atomic mass is 16.6. The van der Waals surface area contributed by atoms with Gasteiger partial charge in [-0.3, -0.25) is 24.0 Å². The van der Waals surface area contributed by atoms with Gasteiger partial charge >= 0.3 is 5.97 Å². The number of ketones is 1. The first-order valence-electron chi connectivity index (χ1n) is 14.8. The van der Waals surface area contributed by atoms with Crippen LogP contribution < -0.4 is 10.6 Å². The van der Waals surface area contributed by atoms with E-state index >= 15 is 0 Å². The summed E-state index contributed by atoms with van der Waals surface area (Å²) in [5.41, 5.74) is -0.827. The van der Waals surface area contributed by atoms with Crippen molar-refractivity contribution in [3.63, 3.8) is 0 Å². The summed E-state index contributed by atoms with van der Waals surface area (Å²) in [6.07, 6.45) is 10.3. The maximum atomic E-state index is 14.2. The van der Waals surface area contributed by atoms with Gasteiger partial charge in [-0.25, -0.2) is 0 Å². The molecule has 9 heteroatoms. The summed E-state index contributed by atoms with van der Waals surface area (Å²) in [6.45, 7) is 17.3. The number of piperidine rings is 1. The van der Waals surface area contributed by atoms with E-state index in [1.807, 2.05) is 12.2 Å². The maximum Gasteiger partial charge on any atom is 0.307 e. The lowest BCUT2D eigenvalue weighted by atomic mass is 9.81. The zero-order chi connectivity index (χ0) is 30.5. The van der Waals surface area contributed by atoms with Crippen LogP contribution in [0.4, 0.5) is 0 Å². The van der Waals surface area contributed by atoms with Gasteiger partial charge in [-0.2, -0.15) is 0 Å². The van der Waals surface area contributed by atoms with E-state index in [-0.39, 0.29) is 48.5 Å². The Morgan fingerprint density at radius 3 is 2.44 bits per heavy atom. The number of likely N-dealkylation sites (tertiary alicyclic amines) is 1. The second kappa shape index (κ2) is 13.2. The molecule has 226 valence electrons. The summed E-state index contributed by atoms with van der Waals surface area (Å²) in [6, 6.07) is -1.85. The average molecular weight is 570 g/mol. The number of nitrogens with one attached hydrogen (secondary N) is 2. The largest absolute Gasteiger partial charge is 0.460 e. The van der Waals surface area contributed by atoms with Crippen LogP contribution in [-0.2, 0) is 28.7 Å². The van der Waals surface area contributed by atoms with Crippen molar-refractivity contribution in [3.8, 4) is 0 Å². The van der Waals surface area contributed by atoms with Crippen molar-refractivity contribution in [1.29, 1.82) is 0 Å². The number of allylic oxidation sites excluding steroid dienone is 3. The molecular formula is C32H47N3O6. The molecule has 41 heavy (non-hydrogen) atoms. The van der Waals surface area contributed by atoms with E-state index in [9.17, 15) is 24.0 Å². The molecule has 1 aliphatic heterocycles. The SMILES string of the molecule is C=CCCC(NC(=O)C1C2C(CN1C(=O)C(CC(=O)OC(C)(C)C)C1C=CCCC1)C2(C)C)C(=O)C(=O)NCC=C. The lowest BCUT2D eigenvalue weighted by Crippen LogP contribution is -2.56. The summed E-state index contributed by atoms with van der Waals surface area (Å²) in [5, 5.41) is 5.27. The van der Waals surface area contributed by atoms with Gasteiger partial charge in [-0.1, -0.05) is 38.2 Å². The van der Waals surface area contributed by atoms with Crippen LogP contribution in [0.1, 0.15) is 73.1 Å². The predicted octanol–water partition coefficient (Wildman–Crippen LogP) is 3.50. The number of nitrogens with zero attached hydrogens (tertiary/aromatic N) is 1. The van der Waals surface area contributed by atoms with Crippen LogP contribution in [-0.4, -0.2) is 65.1 Å². The molecule has 9 nitrogen and oxygen atoms in total. The topological polar surface area (TPSA) is 122 Å². The first-order valence-corrected chi connectivity index (χ1v) is 14.8. The fourth-order valence-corrected chi connectivity index (χ4v) is 6.41. The van der Waals surface area contributed by atoms with Crippen molar-refractivity contribution in [2.24, 2.45) is 29.1 Å². The zero-order valence-corrected chi connectivity index (χ0v) is 25.2. The van der Waals surface area contributed by atoms with Crippen LogP contribution in [0.3, 0.4) is 0 Å². The smallest absolute Gasteiger partial charge is 0.307 e. The van der Waals surface area contributed by atoms with E-state index in [1.54, 1.807) is 31.7 Å². The number of esters is 1. The van der Waals surface area contributed by atoms with Crippen molar-refractivity contribution in [2.45, 2.75) is 90.8 Å². The zero-order valence-electron chi connectivity index (χ0n) is 25.2. The number of carbonyl (C=O) groups excluding carboxylic acids is 5. The Labute approximate surface area is 244 Å². The van der Waals surface area contributed by atoms with Gasteiger partial charge in [0.25, 0.3) is 5.91 Å². The van der Waals surface area contributed by atoms with Gasteiger partial charge < -0.3 is 20.3 Å². The highest BCUT2D eigenvalue weighted by Crippen LogP contribution is 2.65. The van der Waals surface area contributed by atoms with E-state index in [2.05, 4.69) is 37.6 Å². The number of ether oxygens (including phenoxy) is 1. The summed E-state index contributed by atoms with van der Waals surface area (Å²) in [5.74, 6) is -3.43. The molecule has 0 aromatic carbocycles. The highest BCUT2D eigenvalue weighted by molar-refractivity contribution is 6.38. The summed E-state index contributed by atoms with van der Waals surface area (Å²) < 4.78 is 5.57. The van der Waals surface area contributed by atoms with Crippen molar-refractivity contribution in [1.82, 2.24) is 15.5 Å². The quantitative estimate of drug-likeness (QED) is 0.199. The van der Waals surface area contributed by atoms with Crippen LogP contribution in [0.5, 0.6) is 0 Å². The Kier molecular flexibility index (Phi) is 10.4. The van der Waals surface area contributed by atoms with Crippen LogP contribution in [0.15, 0.2) is 37.5 Å². The molecule has 0 radical (unpaired) electrons. The second-order valence-corrected chi connectivity index (χ2v) is 13.1. The molecule has 3 amide bonds. The van der Waals surface area contributed by atoms with Gasteiger partial charge in [0.15, 0.2) is 0 Å². The predicted molar refractivity (Wildman–Crippen MR) is 156 cm³/mol. The van der Waals surface area contributed by atoms with Crippen molar-refractivity contribution < 1.29 is 28.7 Å².